The highest BCUT2D eigenvalue weighted by atomic mass is 32.2. The Morgan fingerprint density at radius 1 is 1.27 bits per heavy atom. The van der Waals surface area contributed by atoms with E-state index in [0.717, 1.165) is 0 Å². The molecule has 0 aromatic heterocycles. The van der Waals surface area contributed by atoms with E-state index in [1.807, 2.05) is 6.92 Å². The van der Waals surface area contributed by atoms with Crippen LogP contribution >= 0.6 is 0 Å². The third-order valence-electron chi connectivity index (χ3n) is 1.59. The summed E-state index contributed by atoms with van der Waals surface area (Å²) >= 11 is 0. The molecule has 0 N–H and O–H groups in total. The summed E-state index contributed by atoms with van der Waals surface area (Å²) < 4.78 is 16.6. The highest BCUT2D eigenvalue weighted by Gasteiger charge is 2.09. The predicted octanol–water partition coefficient (Wildman–Crippen LogP) is 1.28. The number of hydrogen-bond donors (Lipinski definition) is 1. The fraction of sp³-hybridized carbons (Fsp3) is 1.00. The van der Waals surface area contributed by atoms with E-state index in [9.17, 15) is 4.21 Å². The first-order valence-corrected chi connectivity index (χ1v) is 6.77. The maximum absolute atomic E-state index is 11.2. The van der Waals surface area contributed by atoms with Crippen molar-refractivity contribution >= 4 is 9.93 Å². The zero-order valence-corrected chi connectivity index (χ0v) is 9.02. The van der Waals surface area contributed by atoms with E-state index in [4.69, 9.17) is 4.74 Å². The van der Waals surface area contributed by atoms with Gasteiger partial charge in [0, 0.05) is 0 Å². The number of ether oxygens (including phenoxy) is 1. The van der Waals surface area contributed by atoms with Crippen LogP contribution in [0, 0.1) is 5.92 Å². The minimum Gasteiger partial charge on any atom is -0.367 e. The van der Waals surface area contributed by atoms with Gasteiger partial charge in [-0.25, -0.2) is 0 Å². The Hall–Kier alpha value is 0.110. The standard InChI is InChI=1S/C8H20O2S/c1-7(2)8(3)10-6-11(4,5)9/h7-8,11H,6H2,1-5H3. The molecule has 0 amide bonds. The number of rotatable bonds is 4. The summed E-state index contributed by atoms with van der Waals surface area (Å²) in [4.78, 5) is 0. The van der Waals surface area contributed by atoms with Crippen LogP contribution < -0.4 is 0 Å². The van der Waals surface area contributed by atoms with Gasteiger partial charge < -0.3 is 4.74 Å². The van der Waals surface area contributed by atoms with E-state index in [2.05, 4.69) is 13.8 Å². The lowest BCUT2D eigenvalue weighted by molar-refractivity contribution is 0.0666. The topological polar surface area (TPSA) is 26.3 Å². The van der Waals surface area contributed by atoms with Crippen molar-refractivity contribution in [1.82, 2.24) is 0 Å². The molecule has 0 radical (unpaired) electrons. The van der Waals surface area contributed by atoms with Crippen molar-refractivity contribution in [3.63, 3.8) is 0 Å². The summed E-state index contributed by atoms with van der Waals surface area (Å²) in [6.45, 7) is 6.21. The molecular weight excluding hydrogens is 160 g/mol. The van der Waals surface area contributed by atoms with Crippen LogP contribution in [-0.4, -0.2) is 28.8 Å². The molecule has 11 heavy (non-hydrogen) atoms. The maximum atomic E-state index is 11.2. The molecule has 0 aromatic carbocycles. The molecule has 0 bridgehead atoms. The largest absolute Gasteiger partial charge is 0.367 e. The molecule has 0 aliphatic carbocycles. The third-order valence-corrected chi connectivity index (χ3v) is 2.36. The summed E-state index contributed by atoms with van der Waals surface area (Å²) in [7, 11) is -1.98. The Balaban J connectivity index is 3.63. The van der Waals surface area contributed by atoms with Gasteiger partial charge in [0.15, 0.2) is 0 Å². The summed E-state index contributed by atoms with van der Waals surface area (Å²) in [5.74, 6) is 0.911. The quantitative estimate of drug-likeness (QED) is 0.660. The zero-order chi connectivity index (χ0) is 9.07. The van der Waals surface area contributed by atoms with E-state index in [1.165, 1.54) is 0 Å². The number of thiol groups is 1. The number of hydrogen-bond acceptors (Lipinski definition) is 2. The van der Waals surface area contributed by atoms with Crippen LogP contribution in [0.15, 0.2) is 0 Å². The Bertz CT molecular complexity index is 148. The average Bonchev–Trinajstić information content (AvgIpc) is 1.80. The maximum Gasteiger partial charge on any atom is 0.0995 e. The molecule has 0 heterocycles. The molecule has 1 atom stereocenters. The van der Waals surface area contributed by atoms with Crippen molar-refractivity contribution in [3.8, 4) is 0 Å². The van der Waals surface area contributed by atoms with E-state index in [-0.39, 0.29) is 6.10 Å². The van der Waals surface area contributed by atoms with Gasteiger partial charge in [0.05, 0.1) is 12.0 Å². The summed E-state index contributed by atoms with van der Waals surface area (Å²) in [5.41, 5.74) is 0. The van der Waals surface area contributed by atoms with Crippen molar-refractivity contribution in [2.24, 2.45) is 5.92 Å². The molecule has 3 heteroatoms. The van der Waals surface area contributed by atoms with Crippen LogP contribution in [0.4, 0.5) is 0 Å². The van der Waals surface area contributed by atoms with Gasteiger partial charge in [-0.15, -0.1) is 0 Å². The molecule has 1 unspecified atom stereocenters. The van der Waals surface area contributed by atoms with Crippen LogP contribution in [0.3, 0.4) is 0 Å². The molecule has 0 aliphatic rings. The summed E-state index contributed by atoms with van der Waals surface area (Å²) in [6.07, 6.45) is 3.71. The van der Waals surface area contributed by atoms with Crippen LogP contribution in [0.1, 0.15) is 20.8 Å². The highest BCUT2D eigenvalue weighted by Crippen LogP contribution is 2.07. The molecule has 0 saturated heterocycles. The van der Waals surface area contributed by atoms with Gasteiger partial charge in [-0.3, -0.25) is 4.21 Å². The average molecular weight is 180 g/mol. The van der Waals surface area contributed by atoms with Gasteiger partial charge in [0.1, 0.15) is 0 Å². The Morgan fingerprint density at radius 3 is 2.00 bits per heavy atom. The SMILES string of the molecule is CC(C)C(C)OC[SH](C)(C)=O. The van der Waals surface area contributed by atoms with Crippen molar-refractivity contribution in [2.75, 3.05) is 18.5 Å². The van der Waals surface area contributed by atoms with Crippen molar-refractivity contribution in [1.29, 1.82) is 0 Å². The van der Waals surface area contributed by atoms with E-state index < -0.39 is 9.93 Å². The van der Waals surface area contributed by atoms with Crippen molar-refractivity contribution < 1.29 is 8.95 Å². The molecule has 0 saturated carbocycles. The molecule has 0 fully saturated rings. The van der Waals surface area contributed by atoms with Gasteiger partial charge >= 0.3 is 0 Å². The van der Waals surface area contributed by atoms with Gasteiger partial charge in [-0.1, -0.05) is 23.8 Å². The van der Waals surface area contributed by atoms with Crippen LogP contribution in [0.25, 0.3) is 0 Å². The molecule has 2 nitrogen and oxygen atoms in total. The molecule has 0 aliphatic heterocycles. The smallest absolute Gasteiger partial charge is 0.0995 e. The second-order valence-electron chi connectivity index (χ2n) is 3.82. The monoisotopic (exact) mass is 180 g/mol. The molecule has 0 rings (SSSR count). The van der Waals surface area contributed by atoms with Crippen molar-refractivity contribution in [3.05, 3.63) is 0 Å². The van der Waals surface area contributed by atoms with E-state index in [0.29, 0.717) is 11.9 Å². The first kappa shape index (κ1) is 11.1. The Kier molecular flexibility index (Phi) is 4.26. The lowest BCUT2D eigenvalue weighted by Crippen LogP contribution is -2.22. The van der Waals surface area contributed by atoms with Crippen LogP contribution in [0.5, 0.6) is 0 Å². The van der Waals surface area contributed by atoms with E-state index in [1.54, 1.807) is 12.5 Å². The summed E-state index contributed by atoms with van der Waals surface area (Å²) in [6, 6.07) is 0. The van der Waals surface area contributed by atoms with Gasteiger partial charge in [0.2, 0.25) is 0 Å². The van der Waals surface area contributed by atoms with Gasteiger partial charge in [-0.2, -0.15) is 0 Å². The molecular formula is C8H20O2S. The molecule has 0 aromatic rings. The fourth-order valence-corrected chi connectivity index (χ4v) is 1.08. The fourth-order valence-electron chi connectivity index (χ4n) is 0.490. The van der Waals surface area contributed by atoms with Crippen LogP contribution in [0.2, 0.25) is 0 Å². The Labute approximate surface area is 70.7 Å². The van der Waals surface area contributed by atoms with E-state index >= 15 is 0 Å². The van der Waals surface area contributed by atoms with Crippen molar-refractivity contribution in [2.45, 2.75) is 26.9 Å². The zero-order valence-electron chi connectivity index (χ0n) is 8.13. The Morgan fingerprint density at radius 2 is 1.73 bits per heavy atom. The third kappa shape index (κ3) is 6.51. The first-order valence-electron chi connectivity index (χ1n) is 3.98. The predicted molar refractivity (Wildman–Crippen MR) is 51.6 cm³/mol. The lowest BCUT2D eigenvalue weighted by atomic mass is 10.1. The normalized spacial score (nSPS) is 16.9. The second-order valence-corrected chi connectivity index (χ2v) is 7.22. The lowest BCUT2D eigenvalue weighted by Gasteiger charge is -2.20. The van der Waals surface area contributed by atoms with Gasteiger partial charge in [0.25, 0.3) is 0 Å². The first-order chi connectivity index (χ1) is 4.83. The second kappa shape index (κ2) is 4.21. The minimum absolute atomic E-state index is 0.211. The molecule has 70 valence electrons. The summed E-state index contributed by atoms with van der Waals surface area (Å²) in [5, 5.41) is 0. The van der Waals surface area contributed by atoms with Gasteiger partial charge in [-0.05, 0) is 25.4 Å². The van der Waals surface area contributed by atoms with Crippen LogP contribution in [-0.2, 0) is 14.7 Å². The highest BCUT2D eigenvalue weighted by molar-refractivity contribution is 8.01. The molecule has 0 spiro atoms. The minimum atomic E-state index is -1.98.